The Morgan fingerprint density at radius 1 is 1.47 bits per heavy atom. The molecule has 0 radical (unpaired) electrons. The topological polar surface area (TPSA) is 99.2 Å². The second-order valence-electron chi connectivity index (χ2n) is 4.16. The van der Waals surface area contributed by atoms with E-state index < -0.39 is 10.0 Å². The summed E-state index contributed by atoms with van der Waals surface area (Å²) >= 11 is 0. The van der Waals surface area contributed by atoms with E-state index in [-0.39, 0.29) is 10.6 Å². The van der Waals surface area contributed by atoms with Crippen LogP contribution in [0.2, 0.25) is 0 Å². The largest absolute Gasteiger partial charge is 0.398 e. The molecule has 0 aliphatic carbocycles. The first kappa shape index (κ1) is 15.4. The third-order valence-electron chi connectivity index (χ3n) is 2.75. The molecule has 0 spiro atoms. The highest BCUT2D eigenvalue weighted by Crippen LogP contribution is 2.19. The van der Waals surface area contributed by atoms with Gasteiger partial charge in [-0.15, -0.1) is 0 Å². The molecule has 0 amide bonds. The van der Waals surface area contributed by atoms with E-state index in [9.17, 15) is 8.42 Å². The first-order valence-corrected chi connectivity index (χ1v) is 7.37. The maximum absolute atomic E-state index is 12.0. The minimum Gasteiger partial charge on any atom is -0.398 e. The van der Waals surface area contributed by atoms with Gasteiger partial charge in [0.05, 0.1) is 17.3 Å². The molecule has 1 aromatic carbocycles. The molecule has 0 bridgehead atoms. The van der Waals surface area contributed by atoms with Gasteiger partial charge in [-0.05, 0) is 31.8 Å². The summed E-state index contributed by atoms with van der Waals surface area (Å²) in [6.07, 6.45) is 0. The van der Waals surface area contributed by atoms with Crippen molar-refractivity contribution in [2.75, 3.05) is 32.4 Å². The van der Waals surface area contributed by atoms with E-state index in [1.54, 1.807) is 0 Å². The van der Waals surface area contributed by atoms with Gasteiger partial charge in [-0.3, -0.25) is 0 Å². The number of nitrogens with zero attached hydrogens (tertiary/aromatic N) is 2. The number of hydrogen-bond donors (Lipinski definition) is 2. The van der Waals surface area contributed by atoms with Gasteiger partial charge in [-0.2, -0.15) is 5.26 Å². The highest BCUT2D eigenvalue weighted by Gasteiger charge is 2.17. The van der Waals surface area contributed by atoms with Crippen LogP contribution in [0.3, 0.4) is 0 Å². The van der Waals surface area contributed by atoms with Crippen molar-refractivity contribution in [3.63, 3.8) is 0 Å². The summed E-state index contributed by atoms with van der Waals surface area (Å²) in [4.78, 5) is 2.00. The molecule has 0 saturated carbocycles. The Hall–Kier alpha value is -1.62. The van der Waals surface area contributed by atoms with Gasteiger partial charge in [-0.1, -0.05) is 6.92 Å². The average molecular weight is 282 g/mol. The van der Waals surface area contributed by atoms with E-state index in [0.717, 1.165) is 6.54 Å². The zero-order valence-electron chi connectivity index (χ0n) is 11.0. The van der Waals surface area contributed by atoms with Crippen LogP contribution in [-0.2, 0) is 10.0 Å². The van der Waals surface area contributed by atoms with Crippen molar-refractivity contribution >= 4 is 15.7 Å². The van der Waals surface area contributed by atoms with Crippen molar-refractivity contribution in [3.8, 4) is 6.07 Å². The minimum atomic E-state index is -3.63. The van der Waals surface area contributed by atoms with Crippen LogP contribution in [0.4, 0.5) is 5.69 Å². The highest BCUT2D eigenvalue weighted by atomic mass is 32.2. The van der Waals surface area contributed by atoms with Gasteiger partial charge >= 0.3 is 0 Å². The van der Waals surface area contributed by atoms with Crippen molar-refractivity contribution in [1.29, 1.82) is 5.26 Å². The standard InChI is InChI=1S/C12H18N4O2S/c1-3-16(2)7-6-15-19(17,18)12-5-4-10(9-13)8-11(12)14/h4-5,8,15H,3,6-7,14H2,1-2H3. The second kappa shape index (κ2) is 6.52. The lowest BCUT2D eigenvalue weighted by atomic mass is 10.2. The molecule has 0 atom stereocenters. The number of nitriles is 1. The van der Waals surface area contributed by atoms with Crippen LogP contribution in [0.5, 0.6) is 0 Å². The number of nitrogens with two attached hydrogens (primary N) is 1. The monoisotopic (exact) mass is 282 g/mol. The third-order valence-corrected chi connectivity index (χ3v) is 4.29. The molecule has 19 heavy (non-hydrogen) atoms. The van der Waals surface area contributed by atoms with E-state index in [4.69, 9.17) is 11.0 Å². The van der Waals surface area contributed by atoms with Crippen LogP contribution >= 0.6 is 0 Å². The number of rotatable bonds is 6. The molecular weight excluding hydrogens is 264 g/mol. The van der Waals surface area contributed by atoms with Crippen molar-refractivity contribution < 1.29 is 8.42 Å². The van der Waals surface area contributed by atoms with E-state index in [2.05, 4.69) is 4.72 Å². The van der Waals surface area contributed by atoms with Gasteiger partial charge < -0.3 is 10.6 Å². The van der Waals surface area contributed by atoms with Crippen LogP contribution in [0.15, 0.2) is 23.1 Å². The molecule has 0 aromatic heterocycles. The quantitative estimate of drug-likeness (QED) is 0.734. The van der Waals surface area contributed by atoms with Gasteiger partial charge in [0.2, 0.25) is 10.0 Å². The lowest BCUT2D eigenvalue weighted by Crippen LogP contribution is -2.33. The van der Waals surface area contributed by atoms with E-state index >= 15 is 0 Å². The van der Waals surface area contributed by atoms with Crippen molar-refractivity contribution in [2.24, 2.45) is 0 Å². The maximum atomic E-state index is 12.0. The summed E-state index contributed by atoms with van der Waals surface area (Å²) < 4.78 is 26.5. The molecule has 7 heteroatoms. The molecule has 0 saturated heterocycles. The zero-order valence-corrected chi connectivity index (χ0v) is 11.9. The van der Waals surface area contributed by atoms with Gasteiger partial charge in [-0.25, -0.2) is 13.1 Å². The molecule has 0 aliphatic rings. The number of benzene rings is 1. The Bertz CT molecular complexity index is 578. The van der Waals surface area contributed by atoms with Crippen molar-refractivity contribution in [2.45, 2.75) is 11.8 Å². The Balaban J connectivity index is 2.81. The average Bonchev–Trinajstić information content (AvgIpc) is 2.37. The Morgan fingerprint density at radius 3 is 2.68 bits per heavy atom. The van der Waals surface area contributed by atoms with Crippen LogP contribution in [0.25, 0.3) is 0 Å². The summed E-state index contributed by atoms with van der Waals surface area (Å²) in [6.45, 7) is 3.77. The summed E-state index contributed by atoms with van der Waals surface area (Å²) in [6, 6.07) is 6.04. The molecular formula is C12H18N4O2S. The molecule has 0 unspecified atom stereocenters. The SMILES string of the molecule is CCN(C)CCNS(=O)(=O)c1ccc(C#N)cc1N. The van der Waals surface area contributed by atoms with Gasteiger partial charge in [0.1, 0.15) is 4.90 Å². The Morgan fingerprint density at radius 2 is 2.16 bits per heavy atom. The minimum absolute atomic E-state index is 0.00523. The predicted molar refractivity (Wildman–Crippen MR) is 73.9 cm³/mol. The molecule has 0 heterocycles. The third kappa shape index (κ3) is 4.21. The second-order valence-corrected chi connectivity index (χ2v) is 5.89. The smallest absolute Gasteiger partial charge is 0.242 e. The summed E-state index contributed by atoms with van der Waals surface area (Å²) in [5.41, 5.74) is 6.07. The molecule has 1 rings (SSSR count). The van der Waals surface area contributed by atoms with E-state index in [1.165, 1.54) is 18.2 Å². The van der Waals surface area contributed by atoms with Crippen LogP contribution in [0, 0.1) is 11.3 Å². The van der Waals surface area contributed by atoms with Crippen molar-refractivity contribution in [3.05, 3.63) is 23.8 Å². The number of nitrogens with one attached hydrogen (secondary N) is 1. The number of nitrogen functional groups attached to an aromatic ring is 1. The lowest BCUT2D eigenvalue weighted by molar-refractivity contribution is 0.358. The highest BCUT2D eigenvalue weighted by molar-refractivity contribution is 7.89. The first-order chi connectivity index (χ1) is 8.90. The van der Waals surface area contributed by atoms with E-state index in [0.29, 0.717) is 18.7 Å². The number of likely N-dealkylation sites (N-methyl/N-ethyl adjacent to an activating group) is 1. The number of sulfonamides is 1. The molecule has 0 fully saturated rings. The number of anilines is 1. The van der Waals surface area contributed by atoms with Gasteiger partial charge in [0.25, 0.3) is 0 Å². The molecule has 0 aliphatic heterocycles. The normalized spacial score (nSPS) is 11.5. The predicted octanol–water partition coefficient (Wildman–Crippen LogP) is 0.370. The fraction of sp³-hybridized carbons (Fsp3) is 0.417. The van der Waals surface area contributed by atoms with E-state index in [1.807, 2.05) is 24.9 Å². The lowest BCUT2D eigenvalue weighted by Gasteiger charge is -2.14. The number of hydrogen-bond acceptors (Lipinski definition) is 5. The molecule has 3 N–H and O–H groups in total. The van der Waals surface area contributed by atoms with Crippen LogP contribution in [0.1, 0.15) is 12.5 Å². The first-order valence-electron chi connectivity index (χ1n) is 5.88. The molecule has 104 valence electrons. The summed E-state index contributed by atoms with van der Waals surface area (Å²) in [5, 5.41) is 8.71. The molecule has 6 nitrogen and oxygen atoms in total. The van der Waals surface area contributed by atoms with Crippen molar-refractivity contribution in [1.82, 2.24) is 9.62 Å². The summed E-state index contributed by atoms with van der Waals surface area (Å²) in [5.74, 6) is 0. The Kier molecular flexibility index (Phi) is 5.30. The van der Waals surface area contributed by atoms with Gasteiger partial charge in [0.15, 0.2) is 0 Å². The Labute approximate surface area is 113 Å². The fourth-order valence-corrected chi connectivity index (χ4v) is 2.60. The fourth-order valence-electron chi connectivity index (χ4n) is 1.47. The zero-order chi connectivity index (χ0) is 14.5. The summed E-state index contributed by atoms with van der Waals surface area (Å²) in [7, 11) is -1.72. The molecule has 1 aromatic rings. The van der Waals surface area contributed by atoms with Crippen LogP contribution in [-0.4, -0.2) is 40.0 Å². The van der Waals surface area contributed by atoms with Crippen LogP contribution < -0.4 is 10.5 Å². The maximum Gasteiger partial charge on any atom is 0.242 e. The van der Waals surface area contributed by atoms with Gasteiger partial charge in [0, 0.05) is 13.1 Å².